The molecular weight excluding hydrogens is 424 g/mol. The summed E-state index contributed by atoms with van der Waals surface area (Å²) in [5.41, 5.74) is 2.54. The number of hydrogen-bond acceptors (Lipinski definition) is 5. The van der Waals surface area contributed by atoms with Crippen LogP contribution in [0.4, 0.5) is 5.69 Å². The van der Waals surface area contributed by atoms with E-state index in [1.54, 1.807) is 18.2 Å². The summed E-state index contributed by atoms with van der Waals surface area (Å²) in [7, 11) is 0. The molecule has 1 fully saturated rings. The van der Waals surface area contributed by atoms with Crippen LogP contribution in [0.3, 0.4) is 0 Å². The average Bonchev–Trinajstić information content (AvgIpc) is 3.08. The van der Waals surface area contributed by atoms with Crippen molar-refractivity contribution in [1.82, 2.24) is 4.90 Å². The van der Waals surface area contributed by atoms with E-state index in [0.717, 1.165) is 28.6 Å². The minimum Gasteiger partial charge on any atom is -0.489 e. The number of para-hydroxylation sites is 1. The van der Waals surface area contributed by atoms with E-state index in [1.165, 1.54) is 4.90 Å². The molecule has 1 N–H and O–H groups in total. The molecule has 7 heteroatoms. The molecule has 0 bridgehead atoms. The highest BCUT2D eigenvalue weighted by molar-refractivity contribution is 8.18. The maximum atomic E-state index is 12.8. The van der Waals surface area contributed by atoms with Gasteiger partial charge in [0, 0.05) is 0 Å². The van der Waals surface area contributed by atoms with Crippen LogP contribution in [-0.2, 0) is 16.2 Å². The van der Waals surface area contributed by atoms with Crippen molar-refractivity contribution in [3.8, 4) is 5.75 Å². The average molecular weight is 445 g/mol. The topological polar surface area (TPSA) is 79.2 Å². The van der Waals surface area contributed by atoms with Crippen molar-refractivity contribution in [1.29, 1.82) is 0 Å². The summed E-state index contributed by atoms with van der Waals surface area (Å²) in [4.78, 5) is 30.2. The number of aliphatic imine (C=N–C) groups is 1. The number of amides is 1. The van der Waals surface area contributed by atoms with E-state index >= 15 is 0 Å². The summed E-state index contributed by atoms with van der Waals surface area (Å²) >= 11 is 1.16. The SMILES string of the molecule is O=C(O)CN1C(=O)/C(=C\c2ccc(OCc3ccccc3)cc2)SC1=Nc1ccccc1. The summed E-state index contributed by atoms with van der Waals surface area (Å²) < 4.78 is 5.80. The molecule has 0 spiro atoms. The van der Waals surface area contributed by atoms with Gasteiger partial charge in [0.2, 0.25) is 0 Å². The number of thioether (sulfide) groups is 1. The van der Waals surface area contributed by atoms with Crippen LogP contribution in [0.15, 0.2) is 94.8 Å². The first-order chi connectivity index (χ1) is 15.6. The van der Waals surface area contributed by atoms with Crippen LogP contribution in [0.25, 0.3) is 6.08 Å². The molecule has 1 aliphatic heterocycles. The number of carboxylic acids is 1. The zero-order chi connectivity index (χ0) is 22.3. The standard InChI is InChI=1S/C25H20N2O4S/c28-23(29)16-27-24(30)22(32-25(27)26-20-9-5-2-6-10-20)15-18-11-13-21(14-12-18)31-17-19-7-3-1-4-8-19/h1-15H,16-17H2,(H,28,29)/b22-15+,26-25?. The number of rotatable bonds is 7. The fraction of sp³-hybridized carbons (Fsp3) is 0.0800. The zero-order valence-corrected chi connectivity index (χ0v) is 17.9. The minimum atomic E-state index is -1.10. The van der Waals surface area contributed by atoms with Crippen molar-refractivity contribution >= 4 is 40.6 Å². The maximum Gasteiger partial charge on any atom is 0.323 e. The molecule has 1 amide bonds. The van der Waals surface area contributed by atoms with E-state index in [1.807, 2.05) is 72.8 Å². The number of ether oxygens (including phenoxy) is 1. The van der Waals surface area contributed by atoms with Crippen LogP contribution < -0.4 is 4.74 Å². The number of carbonyl (C=O) groups is 2. The van der Waals surface area contributed by atoms with E-state index in [2.05, 4.69) is 4.99 Å². The number of nitrogens with zero attached hydrogens (tertiary/aromatic N) is 2. The van der Waals surface area contributed by atoms with E-state index < -0.39 is 12.5 Å². The molecule has 6 nitrogen and oxygen atoms in total. The molecule has 3 aromatic carbocycles. The predicted molar refractivity (Wildman–Crippen MR) is 126 cm³/mol. The van der Waals surface area contributed by atoms with Gasteiger partial charge >= 0.3 is 5.97 Å². The monoisotopic (exact) mass is 444 g/mol. The lowest BCUT2D eigenvalue weighted by molar-refractivity contribution is -0.140. The molecular formula is C25H20N2O4S. The number of carboxylic acid groups (broad SMARTS) is 1. The Morgan fingerprint density at radius 2 is 1.62 bits per heavy atom. The Hall–Kier alpha value is -3.84. The quantitative estimate of drug-likeness (QED) is 0.522. The summed E-state index contributed by atoms with van der Waals surface area (Å²) in [5, 5.41) is 9.57. The van der Waals surface area contributed by atoms with Gasteiger partial charge in [0.05, 0.1) is 10.6 Å². The first-order valence-corrected chi connectivity index (χ1v) is 10.7. The number of aliphatic carboxylic acids is 1. The molecule has 160 valence electrons. The number of carbonyl (C=O) groups excluding carboxylic acids is 1. The van der Waals surface area contributed by atoms with Gasteiger partial charge in [-0.25, -0.2) is 4.99 Å². The summed E-state index contributed by atoms with van der Waals surface area (Å²) in [6.07, 6.45) is 1.73. The zero-order valence-electron chi connectivity index (χ0n) is 17.0. The van der Waals surface area contributed by atoms with Crippen molar-refractivity contribution in [2.45, 2.75) is 6.61 Å². The fourth-order valence-electron chi connectivity index (χ4n) is 3.03. The maximum absolute atomic E-state index is 12.8. The highest BCUT2D eigenvalue weighted by Gasteiger charge is 2.34. The van der Waals surface area contributed by atoms with Gasteiger partial charge in [-0.15, -0.1) is 0 Å². The van der Waals surface area contributed by atoms with Crippen molar-refractivity contribution in [3.63, 3.8) is 0 Å². The van der Waals surface area contributed by atoms with Crippen LogP contribution in [0.1, 0.15) is 11.1 Å². The molecule has 32 heavy (non-hydrogen) atoms. The van der Waals surface area contributed by atoms with Gasteiger partial charge in [-0.05, 0) is 53.2 Å². The first-order valence-electron chi connectivity index (χ1n) is 9.92. The molecule has 1 aliphatic rings. The summed E-state index contributed by atoms with van der Waals surface area (Å²) in [6.45, 7) is 0.0280. The molecule has 1 saturated heterocycles. The van der Waals surface area contributed by atoms with Gasteiger partial charge in [-0.2, -0.15) is 0 Å². The summed E-state index contributed by atoms with van der Waals surface area (Å²) in [5.74, 6) is -0.752. The minimum absolute atomic E-state index is 0.345. The lowest BCUT2D eigenvalue weighted by Gasteiger charge is -2.12. The Morgan fingerprint density at radius 1 is 0.969 bits per heavy atom. The van der Waals surface area contributed by atoms with E-state index in [4.69, 9.17) is 4.74 Å². The summed E-state index contributed by atoms with van der Waals surface area (Å²) in [6, 6.07) is 26.4. The van der Waals surface area contributed by atoms with Crippen LogP contribution in [0, 0.1) is 0 Å². The smallest absolute Gasteiger partial charge is 0.323 e. The Balaban J connectivity index is 1.50. The molecule has 1 heterocycles. The Kier molecular flexibility index (Phi) is 6.67. The van der Waals surface area contributed by atoms with E-state index in [-0.39, 0.29) is 5.91 Å². The Morgan fingerprint density at radius 3 is 2.28 bits per heavy atom. The van der Waals surface area contributed by atoms with Crippen LogP contribution in [0.5, 0.6) is 5.75 Å². The second kappa shape index (κ2) is 9.98. The molecule has 4 rings (SSSR count). The lowest BCUT2D eigenvalue weighted by Crippen LogP contribution is -2.34. The molecule has 3 aromatic rings. The van der Waals surface area contributed by atoms with Crippen molar-refractivity contribution < 1.29 is 19.4 Å². The molecule has 0 radical (unpaired) electrons. The third-order valence-corrected chi connectivity index (χ3v) is 5.60. The number of benzene rings is 3. The van der Waals surface area contributed by atoms with E-state index in [0.29, 0.717) is 22.4 Å². The normalized spacial score (nSPS) is 16.0. The predicted octanol–water partition coefficient (Wildman–Crippen LogP) is 4.95. The number of amidine groups is 1. The van der Waals surface area contributed by atoms with Gasteiger partial charge < -0.3 is 9.84 Å². The van der Waals surface area contributed by atoms with Crippen molar-refractivity contribution in [2.24, 2.45) is 4.99 Å². The van der Waals surface area contributed by atoms with Crippen molar-refractivity contribution in [3.05, 3.63) is 101 Å². The van der Waals surface area contributed by atoms with Gasteiger partial charge in [0.25, 0.3) is 5.91 Å². The highest BCUT2D eigenvalue weighted by atomic mass is 32.2. The van der Waals surface area contributed by atoms with Crippen LogP contribution in [-0.4, -0.2) is 33.6 Å². The Bertz CT molecular complexity index is 1160. The van der Waals surface area contributed by atoms with Gasteiger partial charge in [0.1, 0.15) is 18.9 Å². The van der Waals surface area contributed by atoms with Crippen LogP contribution in [0.2, 0.25) is 0 Å². The van der Waals surface area contributed by atoms with Gasteiger partial charge in [0.15, 0.2) is 5.17 Å². The highest BCUT2D eigenvalue weighted by Crippen LogP contribution is 2.34. The second-order valence-corrected chi connectivity index (χ2v) is 7.98. The largest absolute Gasteiger partial charge is 0.489 e. The molecule has 0 aromatic heterocycles. The number of hydrogen-bond donors (Lipinski definition) is 1. The third-order valence-electron chi connectivity index (χ3n) is 4.59. The fourth-order valence-corrected chi connectivity index (χ4v) is 4.03. The lowest BCUT2D eigenvalue weighted by atomic mass is 10.2. The van der Waals surface area contributed by atoms with Crippen LogP contribution >= 0.6 is 11.8 Å². The van der Waals surface area contributed by atoms with Gasteiger partial charge in [-0.1, -0.05) is 60.7 Å². The van der Waals surface area contributed by atoms with Gasteiger partial charge in [-0.3, -0.25) is 14.5 Å². The molecule has 0 unspecified atom stereocenters. The molecule has 0 atom stereocenters. The first kappa shape index (κ1) is 21.4. The molecule has 0 saturated carbocycles. The second-order valence-electron chi connectivity index (χ2n) is 6.97. The third kappa shape index (κ3) is 5.44. The Labute approximate surface area is 189 Å². The van der Waals surface area contributed by atoms with Crippen molar-refractivity contribution in [2.75, 3.05) is 6.54 Å². The van der Waals surface area contributed by atoms with E-state index in [9.17, 15) is 14.7 Å². The molecule has 0 aliphatic carbocycles.